The van der Waals surface area contributed by atoms with E-state index in [-0.39, 0.29) is 70.6 Å². The van der Waals surface area contributed by atoms with Gasteiger partial charge in [0.2, 0.25) is 0 Å². The molecule has 2 fully saturated rings. The third-order valence-electron chi connectivity index (χ3n) is 6.64. The van der Waals surface area contributed by atoms with Gasteiger partial charge in [-0.1, -0.05) is 0 Å². The molecule has 0 aliphatic carbocycles. The molecule has 250 valence electrons. The maximum absolute atomic E-state index is 12.4. The van der Waals surface area contributed by atoms with E-state index in [2.05, 4.69) is 13.4 Å². The summed E-state index contributed by atoms with van der Waals surface area (Å²) in [6, 6.07) is 6.63. The number of nitrogens with zero attached hydrogens (tertiary/aromatic N) is 1. The second-order valence-electron chi connectivity index (χ2n) is 9.85. The number of aliphatic hydroxyl groups is 5. The molecule has 2 aromatic rings. The van der Waals surface area contributed by atoms with Gasteiger partial charge in [-0.3, -0.25) is 32.8 Å². The molecule has 2 aliphatic rings. The number of aromatic amines is 1. The Kier molecular flexibility index (Phi) is 15.9. The number of ether oxygens (including phenoxy) is 3. The second kappa shape index (κ2) is 17.5. The number of aliphatic hydroxyl groups excluding tert-OH is 5. The Balaban J connectivity index is 0.00000384. The van der Waals surface area contributed by atoms with Crippen LogP contribution < -0.4 is 84.9 Å². The Morgan fingerprint density at radius 2 is 1.47 bits per heavy atom. The van der Waals surface area contributed by atoms with E-state index in [1.54, 1.807) is 0 Å². The summed E-state index contributed by atoms with van der Waals surface area (Å²) in [4.78, 5) is 61.2. The standard InChI is InChI=1S/C23H30N2O18P2.2Na/c1-10(26)11-2-4-12(5-3-11)38-8-13-16(28)18(30)20(32)22(41-13)42-45(36,37)43-44(34,35)39-9-14-17(29)19(31)21(40-14)25-7-6-15(27)24-23(25)33;;/h2-7,13-14,16-22,28-32H,8-9H2,1H3,(H,34,35)(H,36,37)(H,24,27,33);;/q;2*+1/p-2. The Morgan fingerprint density at radius 3 is 2.06 bits per heavy atom. The predicted molar refractivity (Wildman–Crippen MR) is 139 cm³/mol. The van der Waals surface area contributed by atoms with Gasteiger partial charge in [-0.2, -0.15) is 0 Å². The summed E-state index contributed by atoms with van der Waals surface area (Å²) in [7, 11) is -11.8. The molecule has 6 N–H and O–H groups in total. The van der Waals surface area contributed by atoms with Crippen LogP contribution in [-0.2, 0) is 32.0 Å². The molecule has 1 aromatic heterocycles. The van der Waals surface area contributed by atoms with Gasteiger partial charge in [0.1, 0.15) is 55.1 Å². The van der Waals surface area contributed by atoms with Crippen molar-refractivity contribution in [1.29, 1.82) is 0 Å². The minimum Gasteiger partial charge on any atom is -0.756 e. The molecule has 0 radical (unpaired) electrons. The minimum absolute atomic E-state index is 0. The van der Waals surface area contributed by atoms with E-state index in [0.717, 1.165) is 12.3 Å². The van der Waals surface area contributed by atoms with Crippen LogP contribution >= 0.6 is 15.6 Å². The van der Waals surface area contributed by atoms with Crippen molar-refractivity contribution in [3.8, 4) is 5.75 Å². The molecular formula is C23H28N2Na2O18P2. The van der Waals surface area contributed by atoms with Crippen molar-refractivity contribution >= 4 is 21.4 Å². The van der Waals surface area contributed by atoms with Crippen LogP contribution in [0.25, 0.3) is 0 Å². The van der Waals surface area contributed by atoms with Crippen molar-refractivity contribution in [2.45, 2.75) is 62.2 Å². The molecule has 2 saturated heterocycles. The maximum atomic E-state index is 12.4. The first-order valence-corrected chi connectivity index (χ1v) is 15.8. The largest absolute Gasteiger partial charge is 1.00 e. The van der Waals surface area contributed by atoms with Gasteiger partial charge in [-0.05, 0) is 31.2 Å². The number of rotatable bonds is 12. The fourth-order valence-corrected chi connectivity index (χ4v) is 6.37. The number of hydrogen-bond donors (Lipinski definition) is 6. The van der Waals surface area contributed by atoms with Gasteiger partial charge in [0.25, 0.3) is 21.2 Å². The number of hydrogen-bond acceptors (Lipinski definition) is 18. The average Bonchev–Trinajstić information content (AvgIpc) is 3.24. The van der Waals surface area contributed by atoms with E-state index in [0.29, 0.717) is 10.1 Å². The van der Waals surface area contributed by atoms with Crippen molar-refractivity contribution in [2.75, 3.05) is 13.2 Å². The number of ketones is 1. The molecule has 0 amide bonds. The zero-order chi connectivity index (χ0) is 33.3. The second-order valence-corrected chi connectivity index (χ2v) is 12.8. The van der Waals surface area contributed by atoms with Crippen LogP contribution in [0.5, 0.6) is 5.75 Å². The molecule has 0 bridgehead atoms. The first-order valence-electron chi connectivity index (χ1n) is 12.9. The van der Waals surface area contributed by atoms with Crippen LogP contribution in [0.4, 0.5) is 0 Å². The van der Waals surface area contributed by atoms with Crippen molar-refractivity contribution in [3.05, 3.63) is 62.9 Å². The number of benzene rings is 1. The SMILES string of the molecule is CC(=O)c1ccc(OCC2OC(OP(=O)([O-])OP(=O)([O-])OCC3OC(n4ccc(=O)[nH]c4=O)C(O)C3O)C(O)C(O)C2O)cc1.[Na+].[Na+]. The summed E-state index contributed by atoms with van der Waals surface area (Å²) in [5.74, 6) is -0.0170. The summed E-state index contributed by atoms with van der Waals surface area (Å²) >= 11 is 0. The van der Waals surface area contributed by atoms with Gasteiger partial charge in [-0.25, -0.2) is 9.11 Å². The Labute approximate surface area is 309 Å². The van der Waals surface area contributed by atoms with Crippen LogP contribution in [0, 0.1) is 0 Å². The number of nitrogens with one attached hydrogen (secondary N) is 1. The molecular weight excluding hydrogens is 700 g/mol. The number of H-pyrrole nitrogens is 1. The quantitative estimate of drug-likeness (QED) is 0.0671. The van der Waals surface area contributed by atoms with Crippen LogP contribution in [0.15, 0.2) is 46.1 Å². The maximum Gasteiger partial charge on any atom is 1.00 e. The van der Waals surface area contributed by atoms with E-state index < -0.39 is 95.4 Å². The molecule has 11 atom stereocenters. The molecule has 24 heteroatoms. The van der Waals surface area contributed by atoms with Crippen molar-refractivity contribution in [3.63, 3.8) is 0 Å². The van der Waals surface area contributed by atoms with Gasteiger partial charge in [0.15, 0.2) is 18.3 Å². The molecule has 0 saturated carbocycles. The van der Waals surface area contributed by atoms with Crippen LogP contribution in [0.1, 0.15) is 23.5 Å². The molecule has 2 aliphatic heterocycles. The van der Waals surface area contributed by atoms with E-state index in [4.69, 9.17) is 14.2 Å². The van der Waals surface area contributed by atoms with Gasteiger partial charge >= 0.3 is 64.8 Å². The molecule has 47 heavy (non-hydrogen) atoms. The summed E-state index contributed by atoms with van der Waals surface area (Å²) in [5.41, 5.74) is -1.41. The smallest absolute Gasteiger partial charge is 0.756 e. The van der Waals surface area contributed by atoms with Crippen molar-refractivity contribution in [1.82, 2.24) is 9.55 Å². The molecule has 4 rings (SSSR count). The zero-order valence-corrected chi connectivity index (χ0v) is 30.7. The molecule has 20 nitrogen and oxygen atoms in total. The predicted octanol–water partition coefficient (Wildman–Crippen LogP) is -9.76. The Hall–Kier alpha value is -0.650. The van der Waals surface area contributed by atoms with Gasteiger partial charge < -0.3 is 54.1 Å². The summed E-state index contributed by atoms with van der Waals surface area (Å²) in [6.07, 6.45) is -15.9. The summed E-state index contributed by atoms with van der Waals surface area (Å²) < 4.78 is 54.1. The van der Waals surface area contributed by atoms with Crippen molar-refractivity contribution < 1.29 is 136 Å². The number of Topliss-reactive ketones (excluding diaryl/α,β-unsaturated/α-hetero) is 1. The first-order chi connectivity index (χ1) is 21.0. The summed E-state index contributed by atoms with van der Waals surface area (Å²) in [6.45, 7) is -0.310. The minimum atomic E-state index is -5.98. The fourth-order valence-electron chi connectivity index (χ4n) is 4.29. The Morgan fingerprint density at radius 1 is 0.872 bits per heavy atom. The van der Waals surface area contributed by atoms with Crippen LogP contribution in [-0.4, -0.2) is 103 Å². The molecule has 0 spiro atoms. The van der Waals surface area contributed by atoms with E-state index in [9.17, 15) is 58.8 Å². The normalized spacial score (nSPS) is 31.4. The van der Waals surface area contributed by atoms with Gasteiger partial charge in [-0.15, -0.1) is 0 Å². The third kappa shape index (κ3) is 10.9. The average molecular weight is 728 g/mol. The number of aromatic nitrogens is 2. The number of phosphoric ester groups is 2. The van der Waals surface area contributed by atoms with Crippen molar-refractivity contribution in [2.24, 2.45) is 0 Å². The molecule has 11 unspecified atom stereocenters. The summed E-state index contributed by atoms with van der Waals surface area (Å²) in [5, 5.41) is 51.0. The number of carbonyl (C=O) groups is 1. The zero-order valence-electron chi connectivity index (χ0n) is 25.0. The third-order valence-corrected chi connectivity index (χ3v) is 9.17. The number of phosphoric acid groups is 2. The van der Waals surface area contributed by atoms with Gasteiger partial charge in [0.05, 0.1) is 6.61 Å². The fraction of sp³-hybridized carbons (Fsp3) is 0.522. The molecule has 1 aromatic carbocycles. The van der Waals surface area contributed by atoms with E-state index in [1.807, 2.05) is 4.98 Å². The number of carbonyl (C=O) groups excluding carboxylic acids is 1. The van der Waals surface area contributed by atoms with Crippen LogP contribution in [0.2, 0.25) is 0 Å². The molecule has 3 heterocycles. The van der Waals surface area contributed by atoms with E-state index in [1.165, 1.54) is 31.2 Å². The Bertz CT molecular complexity index is 1580. The van der Waals surface area contributed by atoms with E-state index >= 15 is 0 Å². The topological polar surface area (TPSA) is 309 Å². The van der Waals surface area contributed by atoms with Gasteiger partial charge in [0, 0.05) is 17.8 Å². The first kappa shape index (κ1) is 42.5. The van der Waals surface area contributed by atoms with Crippen LogP contribution in [0.3, 0.4) is 0 Å². The monoisotopic (exact) mass is 728 g/mol.